The summed E-state index contributed by atoms with van der Waals surface area (Å²) in [5.74, 6) is -1.19. The highest BCUT2D eigenvalue weighted by Gasteiger charge is 2.26. The van der Waals surface area contributed by atoms with Gasteiger partial charge in [0.1, 0.15) is 5.82 Å². The number of anilines is 3. The van der Waals surface area contributed by atoms with Gasteiger partial charge in [0.05, 0.1) is 16.8 Å². The number of fused-ring (bicyclic) bond motifs is 1. The Balaban J connectivity index is 1.32. The van der Waals surface area contributed by atoms with Crippen molar-refractivity contribution in [1.82, 2.24) is 9.21 Å². The Bertz CT molecular complexity index is 1530. The van der Waals surface area contributed by atoms with Gasteiger partial charge in [-0.25, -0.2) is 12.8 Å². The average Bonchev–Trinajstić information content (AvgIpc) is 2.94. The second kappa shape index (κ2) is 10.9. The van der Waals surface area contributed by atoms with Crippen molar-refractivity contribution in [3.8, 4) is 0 Å². The molecule has 0 spiro atoms. The number of hydrogen-bond acceptors (Lipinski definition) is 8. The molecular weight excluding hydrogens is 525 g/mol. The molecule has 2 aromatic carbocycles. The molecule has 2 saturated heterocycles. The Morgan fingerprint density at radius 2 is 1.59 bits per heavy atom. The summed E-state index contributed by atoms with van der Waals surface area (Å²) in [6, 6.07) is 10.8. The van der Waals surface area contributed by atoms with Gasteiger partial charge < -0.3 is 24.4 Å². The third-order valence-corrected chi connectivity index (χ3v) is 9.21. The van der Waals surface area contributed by atoms with Crippen molar-refractivity contribution in [3.63, 3.8) is 0 Å². The summed E-state index contributed by atoms with van der Waals surface area (Å²) in [6.07, 6.45) is 0. The normalized spacial score (nSPS) is 17.5. The fourth-order valence-corrected chi connectivity index (χ4v) is 6.04. The van der Waals surface area contributed by atoms with Crippen LogP contribution in [0.1, 0.15) is 17.5 Å². The van der Waals surface area contributed by atoms with Gasteiger partial charge in [-0.2, -0.15) is 4.31 Å². The molecule has 0 unspecified atom stereocenters. The van der Waals surface area contributed by atoms with Crippen LogP contribution < -0.4 is 20.5 Å². The smallest absolute Gasteiger partial charge is 0.291 e. The Morgan fingerprint density at radius 3 is 2.23 bits per heavy atom. The number of piperazine rings is 2. The van der Waals surface area contributed by atoms with E-state index in [0.717, 1.165) is 30.9 Å². The number of halogens is 1. The molecule has 5 rings (SSSR count). The van der Waals surface area contributed by atoms with Crippen molar-refractivity contribution in [3.05, 3.63) is 64.3 Å². The maximum absolute atomic E-state index is 14.4. The standard InChI is InChI=1S/C27H32FN5O5S/c1-3-39(36,37)33-14-12-31(13-15-33)21-6-4-20(5-7-21)29-27(35)25-18-24(34)22-16-19(28)17-23(26(22)38-25)32-10-8-30(2)9-11-32/h4-7,16-18H,3,8-15H2,1-2H3,(H,29,35). The topological polar surface area (TPSA) is 106 Å². The largest absolute Gasteiger partial charge is 0.448 e. The van der Waals surface area contributed by atoms with Crippen molar-refractivity contribution in [2.75, 3.05) is 80.3 Å². The first-order valence-electron chi connectivity index (χ1n) is 13.0. The Labute approximate surface area is 226 Å². The minimum atomic E-state index is -3.20. The molecule has 39 heavy (non-hydrogen) atoms. The first kappa shape index (κ1) is 27.1. The number of rotatable bonds is 6. The van der Waals surface area contributed by atoms with Crippen LogP contribution >= 0.6 is 0 Å². The lowest BCUT2D eigenvalue weighted by Gasteiger charge is -2.35. The molecule has 0 bridgehead atoms. The van der Waals surface area contributed by atoms with Crippen molar-refractivity contribution in [2.45, 2.75) is 6.92 Å². The maximum Gasteiger partial charge on any atom is 0.291 e. The summed E-state index contributed by atoms with van der Waals surface area (Å²) in [5, 5.41) is 2.85. The number of carbonyl (C=O) groups is 1. The fraction of sp³-hybridized carbons (Fsp3) is 0.407. The Morgan fingerprint density at radius 1 is 0.949 bits per heavy atom. The van der Waals surface area contributed by atoms with Gasteiger partial charge in [0, 0.05) is 75.9 Å². The van der Waals surface area contributed by atoms with Crippen molar-refractivity contribution >= 4 is 44.0 Å². The van der Waals surface area contributed by atoms with Gasteiger partial charge in [-0.05, 0) is 44.3 Å². The third kappa shape index (κ3) is 5.77. The number of likely N-dealkylation sites (N-methyl/N-ethyl adjacent to an activating group) is 1. The van der Waals surface area contributed by atoms with E-state index in [-0.39, 0.29) is 22.5 Å². The number of amides is 1. The molecule has 0 saturated carbocycles. The van der Waals surface area contributed by atoms with Crippen LogP contribution in [0.5, 0.6) is 0 Å². The molecule has 208 valence electrons. The summed E-state index contributed by atoms with van der Waals surface area (Å²) in [6.45, 7) is 6.50. The van der Waals surface area contributed by atoms with Crippen molar-refractivity contribution in [1.29, 1.82) is 0 Å². The van der Waals surface area contributed by atoms with E-state index in [9.17, 15) is 22.4 Å². The lowest BCUT2D eigenvalue weighted by atomic mass is 10.1. The predicted molar refractivity (Wildman–Crippen MR) is 150 cm³/mol. The fourth-order valence-electron chi connectivity index (χ4n) is 4.96. The van der Waals surface area contributed by atoms with Gasteiger partial charge >= 0.3 is 0 Å². The lowest BCUT2D eigenvalue weighted by molar-refractivity contribution is 0.0997. The maximum atomic E-state index is 14.4. The SMILES string of the molecule is CCS(=O)(=O)N1CCN(c2ccc(NC(=O)c3cc(=O)c4cc(F)cc(N5CCN(C)CC5)c4o3)cc2)CC1. The number of hydrogen-bond donors (Lipinski definition) is 1. The third-order valence-electron chi connectivity index (χ3n) is 7.33. The highest BCUT2D eigenvalue weighted by Crippen LogP contribution is 2.29. The quantitative estimate of drug-likeness (QED) is 0.493. The zero-order valence-corrected chi connectivity index (χ0v) is 22.8. The highest BCUT2D eigenvalue weighted by atomic mass is 32.2. The molecule has 0 atom stereocenters. The van der Waals surface area contributed by atoms with Gasteiger partial charge in [-0.15, -0.1) is 0 Å². The van der Waals surface area contributed by atoms with Gasteiger partial charge in [-0.3, -0.25) is 9.59 Å². The molecule has 2 aliphatic heterocycles. The highest BCUT2D eigenvalue weighted by molar-refractivity contribution is 7.89. The van der Waals surface area contributed by atoms with Crippen LogP contribution in [0.3, 0.4) is 0 Å². The van der Waals surface area contributed by atoms with Crippen LogP contribution in [0.2, 0.25) is 0 Å². The first-order valence-corrected chi connectivity index (χ1v) is 14.6. The van der Waals surface area contributed by atoms with E-state index in [1.807, 2.05) is 24.1 Å². The minimum absolute atomic E-state index is 0.0901. The van der Waals surface area contributed by atoms with Gasteiger partial charge in [0.15, 0.2) is 16.8 Å². The predicted octanol–water partition coefficient (Wildman–Crippen LogP) is 2.41. The van der Waals surface area contributed by atoms with Crippen molar-refractivity contribution < 1.29 is 22.0 Å². The molecule has 3 aromatic rings. The second-order valence-electron chi connectivity index (χ2n) is 9.85. The number of nitrogens with zero attached hydrogens (tertiary/aromatic N) is 4. The monoisotopic (exact) mass is 557 g/mol. The van der Waals surface area contributed by atoms with E-state index in [1.54, 1.807) is 19.1 Å². The molecule has 2 fully saturated rings. The molecule has 3 heterocycles. The van der Waals surface area contributed by atoms with E-state index in [4.69, 9.17) is 4.42 Å². The van der Waals surface area contributed by atoms with Crippen LogP contribution in [0.4, 0.5) is 21.5 Å². The Kier molecular flexibility index (Phi) is 7.61. The number of nitrogens with one attached hydrogen (secondary N) is 1. The van der Waals surface area contributed by atoms with E-state index in [1.165, 1.54) is 10.4 Å². The molecule has 10 nitrogen and oxygen atoms in total. The van der Waals surface area contributed by atoms with Crippen LogP contribution in [0, 0.1) is 5.82 Å². The molecule has 12 heteroatoms. The summed E-state index contributed by atoms with van der Waals surface area (Å²) in [5.41, 5.74) is 1.59. The summed E-state index contributed by atoms with van der Waals surface area (Å²) in [4.78, 5) is 32.1. The van der Waals surface area contributed by atoms with E-state index in [2.05, 4.69) is 15.1 Å². The van der Waals surface area contributed by atoms with Crippen LogP contribution in [-0.2, 0) is 10.0 Å². The van der Waals surface area contributed by atoms with E-state index < -0.39 is 27.2 Å². The molecule has 1 aromatic heterocycles. The molecule has 1 N–H and O–H groups in total. The molecule has 0 radical (unpaired) electrons. The first-order chi connectivity index (χ1) is 18.6. The van der Waals surface area contributed by atoms with Crippen LogP contribution in [0.15, 0.2) is 51.7 Å². The van der Waals surface area contributed by atoms with Gasteiger partial charge in [0.25, 0.3) is 5.91 Å². The number of sulfonamides is 1. The molecule has 2 aliphatic rings. The van der Waals surface area contributed by atoms with E-state index in [0.29, 0.717) is 50.6 Å². The molecule has 1 amide bonds. The Hall–Kier alpha value is -3.48. The van der Waals surface area contributed by atoms with Crippen LogP contribution in [-0.4, -0.2) is 88.7 Å². The minimum Gasteiger partial charge on any atom is -0.448 e. The second-order valence-corrected chi connectivity index (χ2v) is 12.1. The molecule has 0 aliphatic carbocycles. The van der Waals surface area contributed by atoms with Gasteiger partial charge in [0.2, 0.25) is 10.0 Å². The number of carbonyl (C=O) groups excluding carboxylic acids is 1. The summed E-state index contributed by atoms with van der Waals surface area (Å²) < 4.78 is 46.0. The van der Waals surface area contributed by atoms with Crippen molar-refractivity contribution in [2.24, 2.45) is 0 Å². The number of benzene rings is 2. The van der Waals surface area contributed by atoms with Crippen LogP contribution in [0.25, 0.3) is 11.0 Å². The van der Waals surface area contributed by atoms with E-state index >= 15 is 0 Å². The average molecular weight is 558 g/mol. The summed E-state index contributed by atoms with van der Waals surface area (Å²) >= 11 is 0. The lowest BCUT2D eigenvalue weighted by Crippen LogP contribution is -2.49. The van der Waals surface area contributed by atoms with Gasteiger partial charge in [-0.1, -0.05) is 0 Å². The zero-order valence-electron chi connectivity index (χ0n) is 22.0. The molecular formula is C27H32FN5O5S. The summed E-state index contributed by atoms with van der Waals surface area (Å²) in [7, 11) is -1.19. The zero-order chi connectivity index (χ0) is 27.7.